The van der Waals surface area contributed by atoms with Crippen molar-refractivity contribution in [2.24, 2.45) is 0 Å². The lowest BCUT2D eigenvalue weighted by Crippen LogP contribution is -1.94. The van der Waals surface area contributed by atoms with Crippen molar-refractivity contribution in [2.45, 2.75) is 11.3 Å². The van der Waals surface area contributed by atoms with Crippen LogP contribution >= 0.6 is 11.8 Å². The van der Waals surface area contributed by atoms with Crippen molar-refractivity contribution in [3.05, 3.63) is 29.6 Å². The highest BCUT2D eigenvalue weighted by Gasteiger charge is 2.01. The van der Waals surface area contributed by atoms with Gasteiger partial charge in [0.05, 0.1) is 0 Å². The maximum absolute atomic E-state index is 13.1. The molecule has 0 amide bonds. The molecule has 0 atom stereocenters. The first-order valence-electron chi connectivity index (χ1n) is 3.71. The number of aliphatic hydroxyl groups excluding tert-OH is 1. The molecule has 12 heavy (non-hydrogen) atoms. The van der Waals surface area contributed by atoms with Crippen LogP contribution in [0.5, 0.6) is 0 Å². The number of aliphatic hydroxyl groups is 1. The Labute approximate surface area is 75.6 Å². The Hall–Kier alpha value is -0.540. The monoisotopic (exact) mass is 186 g/mol. The van der Waals surface area contributed by atoms with E-state index in [-0.39, 0.29) is 12.4 Å². The van der Waals surface area contributed by atoms with Crippen molar-refractivity contribution in [1.29, 1.82) is 0 Å². The van der Waals surface area contributed by atoms with E-state index in [1.165, 1.54) is 17.8 Å². The van der Waals surface area contributed by atoms with Crippen LogP contribution in [0.25, 0.3) is 0 Å². The standard InChI is InChI=1S/C9H11FOS/c1-12-8-3-2-7(4-5-11)9(10)6-8/h2-3,6,11H,4-5H2,1H3. The van der Waals surface area contributed by atoms with E-state index in [4.69, 9.17) is 5.11 Å². The number of hydrogen-bond donors (Lipinski definition) is 1. The molecule has 1 nitrogen and oxygen atoms in total. The SMILES string of the molecule is CSc1ccc(CCO)c(F)c1. The molecule has 1 aromatic rings. The Kier molecular flexibility index (Phi) is 3.56. The first kappa shape index (κ1) is 9.55. The largest absolute Gasteiger partial charge is 0.396 e. The van der Waals surface area contributed by atoms with E-state index in [9.17, 15) is 4.39 Å². The van der Waals surface area contributed by atoms with Gasteiger partial charge in [0.1, 0.15) is 5.82 Å². The van der Waals surface area contributed by atoms with Crippen LogP contribution in [0.15, 0.2) is 23.1 Å². The molecule has 0 aliphatic heterocycles. The Bertz CT molecular complexity index is 263. The summed E-state index contributed by atoms with van der Waals surface area (Å²) in [6, 6.07) is 5.08. The molecular weight excluding hydrogens is 175 g/mol. The van der Waals surface area contributed by atoms with Gasteiger partial charge in [0.25, 0.3) is 0 Å². The molecule has 0 aromatic heterocycles. The lowest BCUT2D eigenvalue weighted by atomic mass is 10.1. The minimum absolute atomic E-state index is 0.00443. The van der Waals surface area contributed by atoms with Crippen LogP contribution < -0.4 is 0 Å². The summed E-state index contributed by atoms with van der Waals surface area (Å²) in [4.78, 5) is 0.911. The summed E-state index contributed by atoms with van der Waals surface area (Å²) in [6.45, 7) is -0.00443. The van der Waals surface area contributed by atoms with Gasteiger partial charge in [0, 0.05) is 11.5 Å². The third kappa shape index (κ3) is 2.22. The summed E-state index contributed by atoms with van der Waals surface area (Å²) in [7, 11) is 0. The Morgan fingerprint density at radius 3 is 2.75 bits per heavy atom. The zero-order valence-electron chi connectivity index (χ0n) is 6.88. The lowest BCUT2D eigenvalue weighted by molar-refractivity contribution is 0.297. The summed E-state index contributed by atoms with van der Waals surface area (Å²) in [6.07, 6.45) is 2.29. The molecule has 0 fully saturated rings. The molecule has 1 N–H and O–H groups in total. The summed E-state index contributed by atoms with van der Waals surface area (Å²) in [5, 5.41) is 8.60. The van der Waals surface area contributed by atoms with Gasteiger partial charge in [0.2, 0.25) is 0 Å². The lowest BCUT2D eigenvalue weighted by Gasteiger charge is -2.02. The third-order valence-corrected chi connectivity index (χ3v) is 2.37. The zero-order chi connectivity index (χ0) is 8.97. The van der Waals surface area contributed by atoms with Crippen LogP contribution in [0, 0.1) is 5.82 Å². The quantitative estimate of drug-likeness (QED) is 0.729. The van der Waals surface area contributed by atoms with Gasteiger partial charge in [-0.25, -0.2) is 4.39 Å². The Morgan fingerprint density at radius 1 is 1.50 bits per heavy atom. The van der Waals surface area contributed by atoms with E-state index >= 15 is 0 Å². The highest BCUT2D eigenvalue weighted by atomic mass is 32.2. The van der Waals surface area contributed by atoms with Crippen LogP contribution in [0.1, 0.15) is 5.56 Å². The fraction of sp³-hybridized carbons (Fsp3) is 0.333. The number of rotatable bonds is 3. The van der Waals surface area contributed by atoms with Gasteiger partial charge in [-0.05, 0) is 30.4 Å². The van der Waals surface area contributed by atoms with Crippen molar-refractivity contribution < 1.29 is 9.50 Å². The van der Waals surface area contributed by atoms with Crippen molar-refractivity contribution >= 4 is 11.8 Å². The number of halogens is 1. The molecule has 3 heteroatoms. The van der Waals surface area contributed by atoms with Crippen LogP contribution in [0.4, 0.5) is 4.39 Å². The van der Waals surface area contributed by atoms with E-state index in [0.29, 0.717) is 12.0 Å². The van der Waals surface area contributed by atoms with Crippen LogP contribution in [-0.2, 0) is 6.42 Å². The molecule has 0 aliphatic carbocycles. The molecule has 0 spiro atoms. The molecule has 66 valence electrons. The summed E-state index contributed by atoms with van der Waals surface area (Å²) in [5.74, 6) is -0.226. The van der Waals surface area contributed by atoms with Gasteiger partial charge in [-0.1, -0.05) is 6.07 Å². The van der Waals surface area contributed by atoms with E-state index in [1.54, 1.807) is 6.07 Å². The average molecular weight is 186 g/mol. The predicted molar refractivity (Wildman–Crippen MR) is 49.0 cm³/mol. The van der Waals surface area contributed by atoms with Crippen molar-refractivity contribution in [3.63, 3.8) is 0 Å². The summed E-state index contributed by atoms with van der Waals surface area (Å²) < 4.78 is 13.1. The van der Waals surface area contributed by atoms with E-state index in [2.05, 4.69) is 0 Å². The van der Waals surface area contributed by atoms with Crippen LogP contribution in [0.2, 0.25) is 0 Å². The number of thioether (sulfide) groups is 1. The molecule has 0 heterocycles. The topological polar surface area (TPSA) is 20.2 Å². The molecule has 0 aliphatic rings. The number of hydrogen-bond acceptors (Lipinski definition) is 2. The minimum atomic E-state index is -0.226. The first-order valence-corrected chi connectivity index (χ1v) is 4.93. The van der Waals surface area contributed by atoms with Crippen LogP contribution in [-0.4, -0.2) is 18.0 Å². The van der Waals surface area contributed by atoms with Crippen molar-refractivity contribution in [2.75, 3.05) is 12.9 Å². The third-order valence-electron chi connectivity index (χ3n) is 1.64. The molecule has 0 unspecified atom stereocenters. The summed E-state index contributed by atoms with van der Waals surface area (Å²) in [5.41, 5.74) is 0.579. The van der Waals surface area contributed by atoms with Gasteiger partial charge in [-0.3, -0.25) is 0 Å². The second kappa shape index (κ2) is 4.48. The van der Waals surface area contributed by atoms with E-state index in [0.717, 1.165) is 4.90 Å². The fourth-order valence-corrected chi connectivity index (χ4v) is 1.40. The predicted octanol–water partition coefficient (Wildman–Crippen LogP) is 2.08. The van der Waals surface area contributed by atoms with Crippen molar-refractivity contribution in [1.82, 2.24) is 0 Å². The molecule has 0 radical (unpaired) electrons. The Morgan fingerprint density at radius 2 is 2.25 bits per heavy atom. The number of benzene rings is 1. The maximum Gasteiger partial charge on any atom is 0.127 e. The smallest absolute Gasteiger partial charge is 0.127 e. The van der Waals surface area contributed by atoms with Crippen molar-refractivity contribution in [3.8, 4) is 0 Å². The molecule has 1 aromatic carbocycles. The zero-order valence-corrected chi connectivity index (χ0v) is 7.70. The highest BCUT2D eigenvalue weighted by Crippen LogP contribution is 2.18. The van der Waals surface area contributed by atoms with Crippen LogP contribution in [0.3, 0.4) is 0 Å². The maximum atomic E-state index is 13.1. The second-order valence-electron chi connectivity index (χ2n) is 2.43. The highest BCUT2D eigenvalue weighted by molar-refractivity contribution is 7.98. The first-order chi connectivity index (χ1) is 5.77. The summed E-state index contributed by atoms with van der Waals surface area (Å²) >= 11 is 1.51. The Balaban J connectivity index is 2.87. The molecule has 0 saturated heterocycles. The average Bonchev–Trinajstić information content (AvgIpc) is 2.09. The molecule has 1 rings (SSSR count). The van der Waals surface area contributed by atoms with Gasteiger partial charge < -0.3 is 5.11 Å². The second-order valence-corrected chi connectivity index (χ2v) is 3.31. The fourth-order valence-electron chi connectivity index (χ4n) is 0.978. The van der Waals surface area contributed by atoms with Gasteiger partial charge in [-0.2, -0.15) is 0 Å². The minimum Gasteiger partial charge on any atom is -0.396 e. The van der Waals surface area contributed by atoms with Gasteiger partial charge >= 0.3 is 0 Å². The van der Waals surface area contributed by atoms with Gasteiger partial charge in [-0.15, -0.1) is 11.8 Å². The van der Waals surface area contributed by atoms with E-state index < -0.39 is 0 Å². The van der Waals surface area contributed by atoms with Gasteiger partial charge in [0.15, 0.2) is 0 Å². The normalized spacial score (nSPS) is 10.2. The molecule has 0 bridgehead atoms. The van der Waals surface area contributed by atoms with E-state index in [1.807, 2.05) is 12.3 Å². The molecule has 0 saturated carbocycles. The molecular formula is C9H11FOS.